The molecule has 24 heavy (non-hydrogen) atoms. The summed E-state index contributed by atoms with van der Waals surface area (Å²) in [4.78, 5) is 0. The number of hydrogen-bond acceptors (Lipinski definition) is 0. The molecule has 0 radical (unpaired) electrons. The molecule has 3 rings (SSSR count). The predicted molar refractivity (Wildman–Crippen MR) is 99.8 cm³/mol. The average Bonchev–Trinajstić information content (AvgIpc) is 2.51. The maximum atomic E-state index is 13.6. The Bertz CT molecular complexity index is 330. The standard InChI is InChI=1S/C19H32F2.CH4.2H2O.H2/c1-13-2-4-14(5-3-13)15-6-8-16(9-7-15)17-10-11-18(20)19(21)12-17;;;;/h13-19H,2-12H2,1H3;1H4;2*1H2;1H. The SMILES string of the molecule is C.CC1CCC(C2CCC(C3CCC(F)C(F)C3)CC2)CC1.O.O.[HH]. The second kappa shape index (κ2) is 10.7. The summed E-state index contributed by atoms with van der Waals surface area (Å²) < 4.78 is 26.9. The van der Waals surface area contributed by atoms with Gasteiger partial charge in [-0.25, -0.2) is 8.78 Å². The van der Waals surface area contributed by atoms with Crippen molar-refractivity contribution in [2.75, 3.05) is 0 Å². The molecule has 148 valence electrons. The number of alkyl halides is 2. The minimum atomic E-state index is -1.18. The summed E-state index contributed by atoms with van der Waals surface area (Å²) in [7, 11) is 0. The summed E-state index contributed by atoms with van der Waals surface area (Å²) in [6, 6.07) is 0. The first-order valence-corrected chi connectivity index (χ1v) is 9.41. The molecule has 3 aliphatic rings. The zero-order valence-corrected chi connectivity index (χ0v) is 14.6. The Morgan fingerprint density at radius 1 is 0.583 bits per heavy atom. The summed E-state index contributed by atoms with van der Waals surface area (Å²) in [5.74, 6) is 4.01. The van der Waals surface area contributed by atoms with Gasteiger partial charge < -0.3 is 11.0 Å². The van der Waals surface area contributed by atoms with Gasteiger partial charge in [0.2, 0.25) is 0 Å². The fourth-order valence-electron chi connectivity index (χ4n) is 5.38. The van der Waals surface area contributed by atoms with E-state index in [9.17, 15) is 8.78 Å². The van der Waals surface area contributed by atoms with E-state index in [4.69, 9.17) is 0 Å². The first-order valence-electron chi connectivity index (χ1n) is 9.41. The zero-order chi connectivity index (χ0) is 14.8. The molecule has 4 heteroatoms. The van der Waals surface area contributed by atoms with Crippen LogP contribution in [0.15, 0.2) is 0 Å². The molecule has 4 N–H and O–H groups in total. The van der Waals surface area contributed by atoms with Crippen LogP contribution in [0.4, 0.5) is 8.78 Å². The lowest BCUT2D eigenvalue weighted by Gasteiger charge is -2.41. The summed E-state index contributed by atoms with van der Waals surface area (Å²) in [6.07, 6.45) is 10.5. The van der Waals surface area contributed by atoms with Gasteiger partial charge in [0.15, 0.2) is 0 Å². The van der Waals surface area contributed by atoms with Crippen molar-refractivity contribution in [2.45, 2.75) is 97.3 Å². The molecule has 3 fully saturated rings. The van der Waals surface area contributed by atoms with Crippen LogP contribution in [-0.4, -0.2) is 23.3 Å². The van der Waals surface area contributed by atoms with Crippen LogP contribution in [0.1, 0.15) is 86.4 Å². The van der Waals surface area contributed by atoms with Crippen LogP contribution in [0, 0.1) is 29.6 Å². The summed E-state index contributed by atoms with van der Waals surface area (Å²) >= 11 is 0. The van der Waals surface area contributed by atoms with E-state index in [1.165, 1.54) is 51.4 Å². The Kier molecular flexibility index (Phi) is 10.6. The Balaban J connectivity index is 0. The molecule has 0 spiro atoms. The van der Waals surface area contributed by atoms with Gasteiger partial charge in [-0.1, -0.05) is 27.2 Å². The summed E-state index contributed by atoms with van der Waals surface area (Å²) in [5, 5.41) is 0. The monoisotopic (exact) mass is 352 g/mol. The number of hydrogen-bond donors (Lipinski definition) is 0. The Labute approximate surface area is 148 Å². The van der Waals surface area contributed by atoms with Crippen LogP contribution < -0.4 is 0 Å². The van der Waals surface area contributed by atoms with E-state index < -0.39 is 12.3 Å². The topological polar surface area (TPSA) is 63.0 Å². The van der Waals surface area contributed by atoms with Crippen molar-refractivity contribution in [2.24, 2.45) is 29.6 Å². The van der Waals surface area contributed by atoms with Crippen LogP contribution in [0.25, 0.3) is 0 Å². The Hall–Kier alpha value is -0.220. The third-order valence-electron chi connectivity index (χ3n) is 6.94. The third kappa shape index (κ3) is 5.66. The fourth-order valence-corrected chi connectivity index (χ4v) is 5.38. The number of rotatable bonds is 2. The van der Waals surface area contributed by atoms with Crippen LogP contribution in [-0.2, 0) is 0 Å². The summed E-state index contributed by atoms with van der Waals surface area (Å²) in [6.45, 7) is 2.39. The molecule has 0 aromatic rings. The smallest absolute Gasteiger partial charge is 0.131 e. The van der Waals surface area contributed by atoms with E-state index in [0.717, 1.165) is 24.2 Å². The second-order valence-corrected chi connectivity index (χ2v) is 8.30. The van der Waals surface area contributed by atoms with Crippen molar-refractivity contribution in [1.29, 1.82) is 0 Å². The van der Waals surface area contributed by atoms with E-state index in [1.807, 2.05) is 0 Å². The van der Waals surface area contributed by atoms with Crippen LogP contribution >= 0.6 is 0 Å². The molecule has 3 saturated carbocycles. The van der Waals surface area contributed by atoms with Crippen LogP contribution in [0.3, 0.4) is 0 Å². The molecule has 0 aliphatic heterocycles. The van der Waals surface area contributed by atoms with Gasteiger partial charge in [0.25, 0.3) is 0 Å². The van der Waals surface area contributed by atoms with Gasteiger partial charge in [-0.2, -0.15) is 0 Å². The molecule has 3 atom stereocenters. The fraction of sp³-hybridized carbons (Fsp3) is 1.00. The lowest BCUT2D eigenvalue weighted by Crippen LogP contribution is -2.34. The molecule has 2 nitrogen and oxygen atoms in total. The lowest BCUT2D eigenvalue weighted by molar-refractivity contribution is 0.0476. The van der Waals surface area contributed by atoms with E-state index in [0.29, 0.717) is 24.7 Å². The molecular formula is C20H42F2O2. The largest absolute Gasteiger partial charge is 0.412 e. The Morgan fingerprint density at radius 2 is 0.958 bits per heavy atom. The minimum absolute atomic E-state index is 0. The summed E-state index contributed by atoms with van der Waals surface area (Å²) in [5.41, 5.74) is 0. The average molecular weight is 353 g/mol. The van der Waals surface area contributed by atoms with Crippen molar-refractivity contribution in [3.05, 3.63) is 0 Å². The minimum Gasteiger partial charge on any atom is -0.412 e. The normalized spacial score (nSPS) is 42.9. The van der Waals surface area contributed by atoms with Gasteiger partial charge in [-0.3, -0.25) is 0 Å². The van der Waals surface area contributed by atoms with Crippen molar-refractivity contribution >= 4 is 0 Å². The quantitative estimate of drug-likeness (QED) is 0.645. The molecular weight excluding hydrogens is 310 g/mol. The highest BCUT2D eigenvalue weighted by molar-refractivity contribution is 4.87. The molecule has 0 bridgehead atoms. The molecule has 0 aromatic carbocycles. The van der Waals surface area contributed by atoms with E-state index in [1.54, 1.807) is 0 Å². The molecule has 3 aliphatic carbocycles. The maximum Gasteiger partial charge on any atom is 0.131 e. The first kappa shape index (κ1) is 23.8. The molecule has 0 saturated heterocycles. The highest BCUT2D eigenvalue weighted by Crippen LogP contribution is 2.45. The van der Waals surface area contributed by atoms with E-state index in [2.05, 4.69) is 6.92 Å². The van der Waals surface area contributed by atoms with Crippen molar-refractivity contribution in [3.8, 4) is 0 Å². The van der Waals surface area contributed by atoms with Crippen molar-refractivity contribution < 1.29 is 21.2 Å². The van der Waals surface area contributed by atoms with Crippen LogP contribution in [0.2, 0.25) is 0 Å². The Morgan fingerprint density at radius 3 is 1.42 bits per heavy atom. The van der Waals surface area contributed by atoms with Gasteiger partial charge in [0.05, 0.1) is 0 Å². The zero-order valence-electron chi connectivity index (χ0n) is 14.6. The highest BCUT2D eigenvalue weighted by Gasteiger charge is 2.37. The van der Waals surface area contributed by atoms with Gasteiger partial charge in [0.1, 0.15) is 12.3 Å². The second-order valence-electron chi connectivity index (χ2n) is 8.30. The molecule has 0 amide bonds. The van der Waals surface area contributed by atoms with E-state index >= 15 is 0 Å². The highest BCUT2D eigenvalue weighted by atomic mass is 19.2. The lowest BCUT2D eigenvalue weighted by atomic mass is 9.65. The van der Waals surface area contributed by atoms with Gasteiger partial charge in [-0.05, 0) is 87.4 Å². The molecule has 0 aromatic heterocycles. The van der Waals surface area contributed by atoms with Crippen molar-refractivity contribution in [3.63, 3.8) is 0 Å². The predicted octanol–water partition coefficient (Wildman–Crippen LogP) is 5.33. The van der Waals surface area contributed by atoms with Crippen LogP contribution in [0.5, 0.6) is 0 Å². The third-order valence-corrected chi connectivity index (χ3v) is 6.94. The van der Waals surface area contributed by atoms with Crippen molar-refractivity contribution in [1.82, 2.24) is 0 Å². The first-order chi connectivity index (χ1) is 10.1. The van der Waals surface area contributed by atoms with Gasteiger partial charge >= 0.3 is 0 Å². The molecule has 0 heterocycles. The van der Waals surface area contributed by atoms with Gasteiger partial charge in [0, 0.05) is 1.43 Å². The van der Waals surface area contributed by atoms with Gasteiger partial charge in [-0.15, -0.1) is 0 Å². The maximum absolute atomic E-state index is 13.6. The molecule has 3 unspecified atom stereocenters. The van der Waals surface area contributed by atoms with E-state index in [-0.39, 0.29) is 19.8 Å². The number of halogens is 2.